The molecule has 2 N–H and O–H groups in total. The van der Waals surface area contributed by atoms with Crippen molar-refractivity contribution in [1.82, 2.24) is 4.98 Å². The van der Waals surface area contributed by atoms with Crippen molar-refractivity contribution in [3.63, 3.8) is 0 Å². The van der Waals surface area contributed by atoms with Crippen molar-refractivity contribution in [1.29, 1.82) is 0 Å². The Morgan fingerprint density at radius 2 is 1.94 bits per heavy atom. The van der Waals surface area contributed by atoms with E-state index in [1.165, 1.54) is 13.3 Å². The predicted molar refractivity (Wildman–Crippen MR) is 68.6 cm³/mol. The summed E-state index contributed by atoms with van der Waals surface area (Å²) in [5, 5.41) is 0. The Labute approximate surface area is 107 Å². The largest absolute Gasteiger partial charge is 0.481 e. The van der Waals surface area contributed by atoms with Gasteiger partial charge < -0.3 is 19.5 Å². The molecule has 1 heterocycles. The molecule has 1 atom stereocenters. The summed E-state index contributed by atoms with van der Waals surface area (Å²) in [6, 6.07) is 3.35. The van der Waals surface area contributed by atoms with Crippen LogP contribution in [-0.4, -0.2) is 25.3 Å². The predicted octanol–water partition coefficient (Wildman–Crippen LogP) is 2.31. The van der Waals surface area contributed by atoms with Gasteiger partial charge in [0, 0.05) is 12.3 Å². The molecule has 6 nitrogen and oxygen atoms in total. The molecule has 0 spiro atoms. The van der Waals surface area contributed by atoms with E-state index in [2.05, 4.69) is 4.98 Å². The Bertz CT molecular complexity index is 400. The van der Waals surface area contributed by atoms with Crippen LogP contribution in [0.2, 0.25) is 0 Å². The van der Waals surface area contributed by atoms with E-state index in [-0.39, 0.29) is 13.2 Å². The Kier molecular flexibility index (Phi) is 5.75. The van der Waals surface area contributed by atoms with Gasteiger partial charge in [-0.3, -0.25) is 4.57 Å². The minimum atomic E-state index is -3.36. The van der Waals surface area contributed by atoms with Gasteiger partial charge in [0.25, 0.3) is 0 Å². The molecule has 0 saturated heterocycles. The molecule has 18 heavy (non-hydrogen) atoms. The molecule has 1 aromatic heterocycles. The van der Waals surface area contributed by atoms with E-state index in [1.807, 2.05) is 0 Å². The lowest BCUT2D eigenvalue weighted by Crippen LogP contribution is -2.15. The van der Waals surface area contributed by atoms with Gasteiger partial charge in [-0.15, -0.1) is 0 Å². The monoisotopic (exact) mass is 274 g/mol. The summed E-state index contributed by atoms with van der Waals surface area (Å²) in [4.78, 5) is 4.02. The standard InChI is InChI=1S/C11H19N2O4P/c1-4-16-18(14,17-5-2)11(12)9-6-7-10(15-3)13-8-9/h6-8,11H,4-5,12H2,1-3H3/t11-/m0/s1. The summed E-state index contributed by atoms with van der Waals surface area (Å²) < 4.78 is 27.8. The van der Waals surface area contributed by atoms with Crippen LogP contribution in [0.15, 0.2) is 18.3 Å². The van der Waals surface area contributed by atoms with Gasteiger partial charge in [-0.05, 0) is 25.5 Å². The number of hydrogen-bond donors (Lipinski definition) is 1. The maximum atomic E-state index is 12.4. The van der Waals surface area contributed by atoms with E-state index < -0.39 is 13.4 Å². The molecule has 0 aliphatic rings. The van der Waals surface area contributed by atoms with Gasteiger partial charge >= 0.3 is 7.60 Å². The molecule has 0 aromatic carbocycles. The van der Waals surface area contributed by atoms with E-state index >= 15 is 0 Å². The number of hydrogen-bond acceptors (Lipinski definition) is 6. The quantitative estimate of drug-likeness (QED) is 0.768. The zero-order chi connectivity index (χ0) is 13.6. The van der Waals surface area contributed by atoms with Crippen LogP contribution in [0, 0.1) is 0 Å². The summed E-state index contributed by atoms with van der Waals surface area (Å²) in [7, 11) is -1.84. The maximum absolute atomic E-state index is 12.4. The topological polar surface area (TPSA) is 83.7 Å². The number of rotatable bonds is 7. The van der Waals surface area contributed by atoms with E-state index in [9.17, 15) is 4.57 Å². The van der Waals surface area contributed by atoms with Crippen LogP contribution >= 0.6 is 7.60 Å². The van der Waals surface area contributed by atoms with Crippen molar-refractivity contribution >= 4 is 7.60 Å². The molecule has 0 radical (unpaired) electrons. The van der Waals surface area contributed by atoms with E-state index in [0.29, 0.717) is 11.4 Å². The number of aromatic nitrogens is 1. The number of methoxy groups -OCH3 is 1. The van der Waals surface area contributed by atoms with Crippen LogP contribution in [0.4, 0.5) is 0 Å². The van der Waals surface area contributed by atoms with Crippen molar-refractivity contribution in [2.75, 3.05) is 20.3 Å². The Hall–Kier alpha value is -0.940. The number of pyridine rings is 1. The summed E-state index contributed by atoms with van der Waals surface area (Å²) in [6.45, 7) is 4.03. The molecular formula is C11H19N2O4P. The lowest BCUT2D eigenvalue weighted by molar-refractivity contribution is 0.212. The zero-order valence-electron chi connectivity index (χ0n) is 10.8. The van der Waals surface area contributed by atoms with Gasteiger partial charge in [-0.2, -0.15) is 0 Å². The van der Waals surface area contributed by atoms with E-state index in [4.69, 9.17) is 19.5 Å². The average molecular weight is 274 g/mol. The summed E-state index contributed by atoms with van der Waals surface area (Å²) in [6.07, 6.45) is 1.51. The first kappa shape index (κ1) is 15.1. The summed E-state index contributed by atoms with van der Waals surface area (Å²) >= 11 is 0. The molecule has 1 aromatic rings. The highest BCUT2D eigenvalue weighted by Crippen LogP contribution is 2.58. The van der Waals surface area contributed by atoms with Gasteiger partial charge in [0.2, 0.25) is 5.88 Å². The molecule has 0 amide bonds. The van der Waals surface area contributed by atoms with Crippen molar-refractivity contribution in [2.45, 2.75) is 19.6 Å². The number of nitrogens with two attached hydrogens (primary N) is 1. The molecule has 102 valence electrons. The summed E-state index contributed by atoms with van der Waals surface area (Å²) in [5.41, 5.74) is 6.53. The average Bonchev–Trinajstić information content (AvgIpc) is 2.38. The van der Waals surface area contributed by atoms with Crippen molar-refractivity contribution in [3.8, 4) is 5.88 Å². The Balaban J connectivity index is 2.94. The fourth-order valence-corrected chi connectivity index (χ4v) is 3.06. The van der Waals surface area contributed by atoms with Crippen molar-refractivity contribution in [2.24, 2.45) is 5.73 Å². The SMILES string of the molecule is CCOP(=O)(OCC)[C@H](N)c1ccc(OC)nc1. The molecule has 0 aliphatic carbocycles. The van der Waals surface area contributed by atoms with Crippen LogP contribution in [0.3, 0.4) is 0 Å². The van der Waals surface area contributed by atoms with Gasteiger partial charge in [0.15, 0.2) is 0 Å². The molecule has 0 aliphatic heterocycles. The maximum Gasteiger partial charge on any atom is 0.351 e. The molecular weight excluding hydrogens is 255 g/mol. The summed E-state index contributed by atoms with van der Waals surface area (Å²) in [5.74, 6) is -0.385. The highest BCUT2D eigenvalue weighted by molar-refractivity contribution is 7.54. The lowest BCUT2D eigenvalue weighted by Gasteiger charge is -2.23. The van der Waals surface area contributed by atoms with Gasteiger partial charge in [0.05, 0.1) is 20.3 Å². The third kappa shape index (κ3) is 3.53. The molecule has 0 fully saturated rings. The van der Waals surface area contributed by atoms with Crippen molar-refractivity contribution < 1.29 is 18.3 Å². The first-order valence-electron chi connectivity index (χ1n) is 5.71. The molecule has 0 bridgehead atoms. The highest BCUT2D eigenvalue weighted by Gasteiger charge is 2.34. The molecule has 1 rings (SSSR count). The first-order chi connectivity index (χ1) is 8.57. The van der Waals surface area contributed by atoms with Gasteiger partial charge in [-0.25, -0.2) is 4.98 Å². The minimum Gasteiger partial charge on any atom is -0.481 e. The smallest absolute Gasteiger partial charge is 0.351 e. The van der Waals surface area contributed by atoms with Crippen LogP contribution in [0.1, 0.15) is 25.2 Å². The molecule has 7 heteroatoms. The number of ether oxygens (including phenoxy) is 1. The highest BCUT2D eigenvalue weighted by atomic mass is 31.2. The van der Waals surface area contributed by atoms with Crippen LogP contribution in [-0.2, 0) is 13.6 Å². The fraction of sp³-hybridized carbons (Fsp3) is 0.545. The second-order valence-electron chi connectivity index (χ2n) is 3.45. The Morgan fingerprint density at radius 3 is 2.33 bits per heavy atom. The fourth-order valence-electron chi connectivity index (χ4n) is 1.43. The minimum absolute atomic E-state index is 0.272. The van der Waals surface area contributed by atoms with Gasteiger partial charge in [-0.1, -0.05) is 0 Å². The van der Waals surface area contributed by atoms with Crippen LogP contribution < -0.4 is 10.5 Å². The van der Waals surface area contributed by atoms with Crippen LogP contribution in [0.25, 0.3) is 0 Å². The van der Waals surface area contributed by atoms with Crippen molar-refractivity contribution in [3.05, 3.63) is 23.9 Å². The second-order valence-corrected chi connectivity index (χ2v) is 5.61. The number of nitrogens with zero attached hydrogens (tertiary/aromatic N) is 1. The molecule has 0 saturated carbocycles. The zero-order valence-corrected chi connectivity index (χ0v) is 11.7. The second kappa shape index (κ2) is 6.85. The third-order valence-corrected chi connectivity index (χ3v) is 4.48. The molecule has 0 unspecified atom stereocenters. The van der Waals surface area contributed by atoms with E-state index in [1.54, 1.807) is 26.0 Å². The van der Waals surface area contributed by atoms with Gasteiger partial charge in [0.1, 0.15) is 5.78 Å². The van der Waals surface area contributed by atoms with E-state index in [0.717, 1.165) is 0 Å². The lowest BCUT2D eigenvalue weighted by atomic mass is 10.3. The van der Waals surface area contributed by atoms with Crippen LogP contribution in [0.5, 0.6) is 5.88 Å². The first-order valence-corrected chi connectivity index (χ1v) is 7.32. The Morgan fingerprint density at radius 1 is 1.33 bits per heavy atom. The third-order valence-electron chi connectivity index (χ3n) is 2.27. The normalized spacial score (nSPS) is 13.3.